The lowest BCUT2D eigenvalue weighted by Gasteiger charge is -2.28. The number of nitrogens with one attached hydrogen (secondary N) is 1. The van der Waals surface area contributed by atoms with Crippen molar-refractivity contribution in [3.05, 3.63) is 34.9 Å². The second kappa shape index (κ2) is 5.44. The highest BCUT2D eigenvalue weighted by Gasteiger charge is 2.32. The Morgan fingerprint density at radius 1 is 1.29 bits per heavy atom. The van der Waals surface area contributed by atoms with Gasteiger partial charge in [-0.25, -0.2) is 0 Å². The lowest BCUT2D eigenvalue weighted by molar-refractivity contribution is 0.0691. The molecule has 1 aliphatic carbocycles. The lowest BCUT2D eigenvalue weighted by Crippen LogP contribution is -2.38. The maximum Gasteiger partial charge on any atom is 0.257 e. The summed E-state index contributed by atoms with van der Waals surface area (Å²) in [6.07, 6.45) is 6.09. The maximum atomic E-state index is 13.0. The van der Waals surface area contributed by atoms with Crippen LogP contribution in [0, 0.1) is 0 Å². The SMILES string of the molecule is O=C(c1cn[nH]c1C1CCCO1)N1CCn2nc(C3CC3)cc2C1. The van der Waals surface area contributed by atoms with Crippen LogP contribution in [0.5, 0.6) is 0 Å². The van der Waals surface area contributed by atoms with Crippen LogP contribution < -0.4 is 0 Å². The largest absolute Gasteiger partial charge is 0.372 e. The molecule has 2 aliphatic heterocycles. The van der Waals surface area contributed by atoms with E-state index in [1.165, 1.54) is 18.5 Å². The molecule has 3 aliphatic rings. The first-order chi connectivity index (χ1) is 11.8. The van der Waals surface area contributed by atoms with Gasteiger partial charge in [-0.3, -0.25) is 14.6 Å². The fraction of sp³-hybridized carbons (Fsp3) is 0.588. The van der Waals surface area contributed by atoms with Gasteiger partial charge in [0, 0.05) is 19.1 Å². The molecule has 1 amide bonds. The highest BCUT2D eigenvalue weighted by atomic mass is 16.5. The van der Waals surface area contributed by atoms with Gasteiger partial charge in [-0.1, -0.05) is 0 Å². The molecule has 1 saturated carbocycles. The molecule has 1 unspecified atom stereocenters. The Morgan fingerprint density at radius 2 is 2.21 bits per heavy atom. The van der Waals surface area contributed by atoms with Gasteiger partial charge in [0.25, 0.3) is 5.91 Å². The smallest absolute Gasteiger partial charge is 0.257 e. The van der Waals surface area contributed by atoms with E-state index in [0.29, 0.717) is 24.6 Å². The second-order valence-electron chi connectivity index (χ2n) is 6.98. The number of nitrogens with zero attached hydrogens (tertiary/aromatic N) is 4. The summed E-state index contributed by atoms with van der Waals surface area (Å²) in [4.78, 5) is 14.9. The van der Waals surface area contributed by atoms with Crippen molar-refractivity contribution < 1.29 is 9.53 Å². The molecule has 24 heavy (non-hydrogen) atoms. The van der Waals surface area contributed by atoms with Gasteiger partial charge in [0.1, 0.15) is 0 Å². The van der Waals surface area contributed by atoms with Gasteiger partial charge >= 0.3 is 0 Å². The zero-order valence-corrected chi connectivity index (χ0v) is 13.6. The topological polar surface area (TPSA) is 76.0 Å². The van der Waals surface area contributed by atoms with Crippen molar-refractivity contribution >= 4 is 5.91 Å². The van der Waals surface area contributed by atoms with Crippen LogP contribution >= 0.6 is 0 Å². The molecular formula is C17H21N5O2. The third-order valence-corrected chi connectivity index (χ3v) is 5.25. The van der Waals surface area contributed by atoms with Crippen LogP contribution in [0.1, 0.15) is 65.1 Å². The second-order valence-corrected chi connectivity index (χ2v) is 6.98. The Balaban J connectivity index is 1.37. The minimum absolute atomic E-state index is 0.0248. The average Bonchev–Trinajstić information content (AvgIpc) is 3.05. The summed E-state index contributed by atoms with van der Waals surface area (Å²) in [7, 11) is 0. The summed E-state index contributed by atoms with van der Waals surface area (Å²) >= 11 is 0. The summed E-state index contributed by atoms with van der Waals surface area (Å²) in [6, 6.07) is 2.17. The van der Waals surface area contributed by atoms with E-state index in [9.17, 15) is 4.79 Å². The Morgan fingerprint density at radius 3 is 3.00 bits per heavy atom. The van der Waals surface area contributed by atoms with Crippen molar-refractivity contribution in [1.82, 2.24) is 24.9 Å². The summed E-state index contributed by atoms with van der Waals surface area (Å²) in [5, 5.41) is 11.8. The van der Waals surface area contributed by atoms with Crippen LogP contribution in [0.2, 0.25) is 0 Å². The number of hydrogen-bond acceptors (Lipinski definition) is 4. The molecule has 1 atom stereocenters. The Kier molecular flexibility index (Phi) is 3.22. The predicted octanol–water partition coefficient (Wildman–Crippen LogP) is 1.99. The number of aromatic amines is 1. The molecule has 7 heteroatoms. The van der Waals surface area contributed by atoms with Crippen molar-refractivity contribution in [2.75, 3.05) is 13.2 Å². The van der Waals surface area contributed by atoms with E-state index in [4.69, 9.17) is 9.84 Å². The summed E-state index contributed by atoms with van der Waals surface area (Å²) in [5.74, 6) is 0.682. The molecular weight excluding hydrogens is 306 g/mol. The monoisotopic (exact) mass is 327 g/mol. The van der Waals surface area contributed by atoms with Gasteiger partial charge in [0.15, 0.2) is 0 Å². The molecule has 0 aromatic carbocycles. The Bertz CT molecular complexity index is 770. The van der Waals surface area contributed by atoms with Gasteiger partial charge in [0.05, 0.1) is 48.0 Å². The molecule has 2 aromatic heterocycles. The fourth-order valence-corrected chi connectivity index (χ4v) is 3.73. The number of carbonyl (C=O) groups is 1. The number of carbonyl (C=O) groups excluding carboxylic acids is 1. The Hall–Kier alpha value is -2.15. The van der Waals surface area contributed by atoms with E-state index in [1.807, 2.05) is 4.90 Å². The minimum Gasteiger partial charge on any atom is -0.372 e. The molecule has 4 heterocycles. The average molecular weight is 327 g/mol. The molecule has 126 valence electrons. The Labute approximate surface area is 140 Å². The quantitative estimate of drug-likeness (QED) is 0.935. The third-order valence-electron chi connectivity index (χ3n) is 5.25. The highest BCUT2D eigenvalue weighted by molar-refractivity contribution is 5.95. The van der Waals surface area contributed by atoms with Crippen molar-refractivity contribution in [3.63, 3.8) is 0 Å². The van der Waals surface area contributed by atoms with Crippen LogP contribution in [0.3, 0.4) is 0 Å². The first kappa shape index (κ1) is 14.2. The van der Waals surface area contributed by atoms with Crippen LogP contribution in [0.15, 0.2) is 12.3 Å². The number of hydrogen-bond donors (Lipinski definition) is 1. The number of H-pyrrole nitrogens is 1. The molecule has 1 N–H and O–H groups in total. The molecule has 1 saturated heterocycles. The first-order valence-electron chi connectivity index (χ1n) is 8.80. The van der Waals surface area contributed by atoms with Gasteiger partial charge in [0.2, 0.25) is 0 Å². The van der Waals surface area contributed by atoms with Crippen LogP contribution in [-0.2, 0) is 17.8 Å². The van der Waals surface area contributed by atoms with Gasteiger partial charge < -0.3 is 9.64 Å². The summed E-state index contributed by atoms with van der Waals surface area (Å²) in [5.41, 5.74) is 3.81. The highest BCUT2D eigenvalue weighted by Crippen LogP contribution is 2.40. The van der Waals surface area contributed by atoms with Gasteiger partial charge in [-0.05, 0) is 31.7 Å². The van der Waals surface area contributed by atoms with E-state index < -0.39 is 0 Å². The number of amides is 1. The normalized spacial score (nSPS) is 23.5. The zero-order chi connectivity index (χ0) is 16.1. The molecule has 0 radical (unpaired) electrons. The predicted molar refractivity (Wildman–Crippen MR) is 85.5 cm³/mol. The van der Waals surface area contributed by atoms with Crippen LogP contribution in [0.4, 0.5) is 0 Å². The number of rotatable bonds is 3. The van der Waals surface area contributed by atoms with E-state index >= 15 is 0 Å². The third kappa shape index (κ3) is 2.34. The van der Waals surface area contributed by atoms with E-state index in [2.05, 4.69) is 20.9 Å². The number of ether oxygens (including phenoxy) is 1. The molecule has 0 bridgehead atoms. The minimum atomic E-state index is -0.0248. The summed E-state index contributed by atoms with van der Waals surface area (Å²) < 4.78 is 7.78. The number of aromatic nitrogens is 4. The van der Waals surface area contributed by atoms with Crippen molar-refractivity contribution in [1.29, 1.82) is 0 Å². The fourth-order valence-electron chi connectivity index (χ4n) is 3.73. The first-order valence-corrected chi connectivity index (χ1v) is 8.80. The van der Waals surface area contributed by atoms with E-state index in [1.54, 1.807) is 6.20 Å². The van der Waals surface area contributed by atoms with E-state index in [-0.39, 0.29) is 12.0 Å². The van der Waals surface area contributed by atoms with Gasteiger partial charge in [-0.15, -0.1) is 0 Å². The molecule has 5 rings (SSSR count). The summed E-state index contributed by atoms with van der Waals surface area (Å²) in [6.45, 7) is 2.83. The van der Waals surface area contributed by atoms with Crippen molar-refractivity contribution in [2.24, 2.45) is 0 Å². The van der Waals surface area contributed by atoms with Crippen LogP contribution in [0.25, 0.3) is 0 Å². The standard InChI is InChI=1S/C17H21N5O2/c23-17(13-9-18-19-16(13)15-2-1-7-24-15)21-5-6-22-12(10-21)8-14(20-22)11-3-4-11/h8-9,11,15H,1-7,10H2,(H,18,19). The molecule has 2 fully saturated rings. The number of fused-ring (bicyclic) bond motifs is 1. The molecule has 2 aromatic rings. The zero-order valence-electron chi connectivity index (χ0n) is 13.6. The van der Waals surface area contributed by atoms with Crippen molar-refractivity contribution in [2.45, 2.75) is 50.8 Å². The molecule has 7 nitrogen and oxygen atoms in total. The maximum absolute atomic E-state index is 13.0. The van der Waals surface area contributed by atoms with E-state index in [0.717, 1.165) is 37.4 Å². The van der Waals surface area contributed by atoms with Crippen molar-refractivity contribution in [3.8, 4) is 0 Å². The van der Waals surface area contributed by atoms with Gasteiger partial charge in [-0.2, -0.15) is 10.2 Å². The lowest BCUT2D eigenvalue weighted by atomic mass is 10.1. The van der Waals surface area contributed by atoms with Crippen LogP contribution in [-0.4, -0.2) is 43.9 Å². The molecule has 0 spiro atoms.